The van der Waals surface area contributed by atoms with Gasteiger partial charge in [-0.25, -0.2) is 0 Å². The van der Waals surface area contributed by atoms with E-state index in [2.05, 4.69) is 39.0 Å². The van der Waals surface area contributed by atoms with Gasteiger partial charge in [0.25, 0.3) is 0 Å². The van der Waals surface area contributed by atoms with E-state index in [1.165, 1.54) is 0 Å². The molecule has 0 amide bonds. The second-order valence-electron chi connectivity index (χ2n) is 5.19. The molecule has 90 valence electrons. The van der Waals surface area contributed by atoms with Gasteiger partial charge in [-0.1, -0.05) is 37.5 Å². The summed E-state index contributed by atoms with van der Waals surface area (Å²) in [6.45, 7) is 11.7. The van der Waals surface area contributed by atoms with Crippen LogP contribution in [0, 0.1) is 0 Å². The molecule has 0 aromatic carbocycles. The molecule has 0 heterocycles. The van der Waals surface area contributed by atoms with E-state index in [0.29, 0.717) is 13.0 Å². The first kappa shape index (κ1) is 14.9. The average Bonchev–Trinajstić information content (AvgIpc) is 2.10. The minimum absolute atomic E-state index is 0.238. The minimum atomic E-state index is -1.63. The summed E-state index contributed by atoms with van der Waals surface area (Å²) in [6.07, 6.45) is 1.38. The van der Waals surface area contributed by atoms with Crippen LogP contribution in [0.5, 0.6) is 0 Å². The van der Waals surface area contributed by atoms with Crippen LogP contribution in [0.25, 0.3) is 0 Å². The summed E-state index contributed by atoms with van der Waals surface area (Å²) in [5.41, 5.74) is 0. The monoisotopic (exact) mass is 251 g/mol. The summed E-state index contributed by atoms with van der Waals surface area (Å²) in [5.74, 6) is 0. The van der Waals surface area contributed by atoms with Gasteiger partial charge >= 0.3 is 0 Å². The quantitative estimate of drug-likeness (QED) is 0.265. The van der Waals surface area contributed by atoms with E-state index in [0.717, 1.165) is 6.42 Å². The topological polar surface area (TPSA) is 41.8 Å². The van der Waals surface area contributed by atoms with Crippen molar-refractivity contribution in [3.05, 3.63) is 0 Å². The summed E-state index contributed by atoms with van der Waals surface area (Å²) in [4.78, 5) is 0. The van der Waals surface area contributed by atoms with Crippen molar-refractivity contribution in [2.45, 2.75) is 51.7 Å². The lowest BCUT2D eigenvalue weighted by molar-refractivity contribution is 0.283. The lowest BCUT2D eigenvalue weighted by Crippen LogP contribution is -2.41. The van der Waals surface area contributed by atoms with Gasteiger partial charge in [0.15, 0.2) is 8.32 Å². The molecule has 0 saturated carbocycles. The summed E-state index contributed by atoms with van der Waals surface area (Å²) in [5, 5.41) is 11.7. The van der Waals surface area contributed by atoms with E-state index in [-0.39, 0.29) is 10.2 Å². The third kappa shape index (κ3) is 5.54. The molecule has 0 aromatic heterocycles. The lowest BCUT2D eigenvalue weighted by Gasteiger charge is -2.36. The van der Waals surface area contributed by atoms with Crippen LogP contribution >= 0.6 is 11.6 Å². The molecule has 0 aliphatic rings. The Kier molecular flexibility index (Phi) is 5.84. The zero-order valence-corrected chi connectivity index (χ0v) is 12.1. The Hall–Kier alpha value is -0.0631. The van der Waals surface area contributed by atoms with Crippen molar-refractivity contribution in [1.29, 1.82) is 0 Å². The fourth-order valence-corrected chi connectivity index (χ4v) is 2.03. The number of halogens is 1. The predicted molar refractivity (Wildman–Crippen MR) is 67.5 cm³/mol. The molecule has 0 aliphatic heterocycles. The molecular formula is C10H22ClNO2Si. The first-order valence-electron chi connectivity index (χ1n) is 5.21. The Bertz CT molecular complexity index is 224. The summed E-state index contributed by atoms with van der Waals surface area (Å²) >= 11 is 5.56. The average molecular weight is 252 g/mol. The zero-order valence-electron chi connectivity index (χ0n) is 10.3. The van der Waals surface area contributed by atoms with Crippen molar-refractivity contribution < 1.29 is 9.63 Å². The number of hydrogen-bond donors (Lipinski definition) is 1. The SMILES string of the molecule is CC(C)(C)[Si](C)(C)OCCC/C(Cl)=N\O. The van der Waals surface area contributed by atoms with Crippen molar-refractivity contribution >= 4 is 25.1 Å². The zero-order chi connectivity index (χ0) is 12.1. The van der Waals surface area contributed by atoms with Crippen LogP contribution in [0.3, 0.4) is 0 Å². The fraction of sp³-hybridized carbons (Fsp3) is 0.900. The van der Waals surface area contributed by atoms with E-state index in [1.807, 2.05) is 0 Å². The molecule has 0 rings (SSSR count). The van der Waals surface area contributed by atoms with Crippen LogP contribution in [0.1, 0.15) is 33.6 Å². The molecule has 0 unspecified atom stereocenters. The lowest BCUT2D eigenvalue weighted by atomic mass is 10.2. The van der Waals surface area contributed by atoms with Gasteiger partial charge in [-0.2, -0.15) is 0 Å². The molecule has 0 spiro atoms. The van der Waals surface area contributed by atoms with E-state index < -0.39 is 8.32 Å². The van der Waals surface area contributed by atoms with Gasteiger partial charge in [0.1, 0.15) is 5.17 Å². The summed E-state index contributed by atoms with van der Waals surface area (Å²) in [7, 11) is -1.63. The van der Waals surface area contributed by atoms with Gasteiger partial charge in [-0.15, -0.1) is 0 Å². The highest BCUT2D eigenvalue weighted by Crippen LogP contribution is 2.36. The van der Waals surface area contributed by atoms with Gasteiger partial charge in [-0.05, 0) is 24.6 Å². The van der Waals surface area contributed by atoms with Gasteiger partial charge in [0, 0.05) is 13.0 Å². The molecule has 0 saturated heterocycles. The van der Waals surface area contributed by atoms with Crippen LogP contribution in [0.2, 0.25) is 18.1 Å². The Morgan fingerprint density at radius 1 is 1.40 bits per heavy atom. The van der Waals surface area contributed by atoms with Crippen molar-refractivity contribution in [3.8, 4) is 0 Å². The van der Waals surface area contributed by atoms with Crippen molar-refractivity contribution in [1.82, 2.24) is 0 Å². The largest absolute Gasteiger partial charge is 0.417 e. The Morgan fingerprint density at radius 3 is 2.33 bits per heavy atom. The number of nitrogens with zero attached hydrogens (tertiary/aromatic N) is 1. The highest BCUT2D eigenvalue weighted by atomic mass is 35.5. The van der Waals surface area contributed by atoms with Crippen LogP contribution in [-0.2, 0) is 4.43 Å². The van der Waals surface area contributed by atoms with E-state index in [4.69, 9.17) is 21.2 Å². The van der Waals surface area contributed by atoms with Crippen molar-refractivity contribution in [2.24, 2.45) is 5.16 Å². The summed E-state index contributed by atoms with van der Waals surface area (Å²) in [6, 6.07) is 0. The van der Waals surface area contributed by atoms with Gasteiger partial charge in [0.2, 0.25) is 0 Å². The van der Waals surface area contributed by atoms with Gasteiger partial charge < -0.3 is 9.63 Å². The second kappa shape index (κ2) is 5.87. The van der Waals surface area contributed by atoms with Gasteiger partial charge in [0.05, 0.1) is 0 Å². The van der Waals surface area contributed by atoms with Crippen molar-refractivity contribution in [3.63, 3.8) is 0 Å². The number of hydrogen-bond acceptors (Lipinski definition) is 3. The Labute approximate surface area is 98.6 Å². The Morgan fingerprint density at radius 2 is 1.93 bits per heavy atom. The first-order chi connectivity index (χ1) is 6.70. The minimum Gasteiger partial charge on any atom is -0.417 e. The Balaban J connectivity index is 3.87. The van der Waals surface area contributed by atoms with Crippen LogP contribution < -0.4 is 0 Å². The highest BCUT2D eigenvalue weighted by Gasteiger charge is 2.36. The smallest absolute Gasteiger partial charge is 0.191 e. The maximum absolute atomic E-state index is 8.35. The second-order valence-corrected chi connectivity index (χ2v) is 10.4. The molecule has 5 heteroatoms. The normalized spacial score (nSPS) is 14.4. The highest BCUT2D eigenvalue weighted by molar-refractivity contribution is 6.74. The fourth-order valence-electron chi connectivity index (χ4n) is 0.812. The third-order valence-corrected chi connectivity index (χ3v) is 7.71. The van der Waals surface area contributed by atoms with Gasteiger partial charge in [-0.3, -0.25) is 0 Å². The molecule has 0 aromatic rings. The van der Waals surface area contributed by atoms with Crippen LogP contribution in [0.4, 0.5) is 0 Å². The standard InChI is InChI=1S/C10H22ClNO2Si/c1-10(2,3)15(4,5)14-8-6-7-9(11)12-13/h13H,6-8H2,1-5H3/b12-9+. The van der Waals surface area contributed by atoms with Crippen LogP contribution in [-0.4, -0.2) is 25.3 Å². The maximum atomic E-state index is 8.35. The van der Waals surface area contributed by atoms with E-state index in [1.54, 1.807) is 0 Å². The van der Waals surface area contributed by atoms with Crippen molar-refractivity contribution in [2.75, 3.05) is 6.61 Å². The molecular weight excluding hydrogens is 230 g/mol. The molecule has 1 N–H and O–H groups in total. The molecule has 15 heavy (non-hydrogen) atoms. The summed E-state index contributed by atoms with van der Waals surface area (Å²) < 4.78 is 5.93. The third-order valence-electron chi connectivity index (χ3n) is 2.91. The van der Waals surface area contributed by atoms with Crippen LogP contribution in [0.15, 0.2) is 5.16 Å². The maximum Gasteiger partial charge on any atom is 0.191 e. The number of rotatable bonds is 5. The molecule has 0 radical (unpaired) electrons. The molecule has 0 aliphatic carbocycles. The first-order valence-corrected chi connectivity index (χ1v) is 8.50. The molecule has 3 nitrogen and oxygen atoms in total. The molecule has 0 atom stereocenters. The predicted octanol–water partition coefficient (Wildman–Crippen LogP) is 3.81. The number of oxime groups is 1. The van der Waals surface area contributed by atoms with E-state index >= 15 is 0 Å². The van der Waals surface area contributed by atoms with E-state index in [9.17, 15) is 0 Å². The molecule has 0 fully saturated rings. The molecule has 0 bridgehead atoms.